The molecule has 5 N–H and O–H groups in total. The standard InChI is InChI=1S/C13H19N5OS/c1-4-13(2,3)17-11(19)9-10(15)16-12(20-9)18-6-5-8(14)7-18/h1,8H,5-7,14-15H2,2-3H3,(H,17,19). The number of rotatable bonds is 3. The Kier molecular flexibility index (Phi) is 3.88. The molecule has 0 aliphatic carbocycles. The molecule has 1 amide bonds. The summed E-state index contributed by atoms with van der Waals surface area (Å²) in [5.74, 6) is 2.45. The molecule has 1 atom stereocenters. The van der Waals surface area contributed by atoms with Crippen molar-refractivity contribution >= 4 is 28.2 Å². The number of nitrogens with two attached hydrogens (primary N) is 2. The lowest BCUT2D eigenvalue weighted by Crippen LogP contribution is -2.42. The number of hydrogen-bond acceptors (Lipinski definition) is 6. The summed E-state index contributed by atoms with van der Waals surface area (Å²) in [4.78, 5) is 18.9. The first-order valence-corrected chi connectivity index (χ1v) is 7.21. The van der Waals surface area contributed by atoms with Crippen LogP contribution in [0.2, 0.25) is 0 Å². The molecule has 0 bridgehead atoms. The Hall–Kier alpha value is -1.78. The van der Waals surface area contributed by atoms with Gasteiger partial charge < -0.3 is 21.7 Å². The van der Waals surface area contributed by atoms with Crippen molar-refractivity contribution in [2.24, 2.45) is 5.73 Å². The fraction of sp³-hybridized carbons (Fsp3) is 0.538. The largest absolute Gasteiger partial charge is 0.382 e. The molecule has 1 aromatic heterocycles. The Labute approximate surface area is 122 Å². The van der Waals surface area contributed by atoms with Crippen LogP contribution in [0.1, 0.15) is 29.9 Å². The molecule has 0 spiro atoms. The number of carbonyl (C=O) groups is 1. The third-order valence-corrected chi connectivity index (χ3v) is 4.26. The second kappa shape index (κ2) is 5.31. The first-order valence-electron chi connectivity index (χ1n) is 6.39. The summed E-state index contributed by atoms with van der Waals surface area (Å²) in [6.07, 6.45) is 6.28. The third kappa shape index (κ3) is 3.03. The normalized spacial score (nSPS) is 18.9. The summed E-state index contributed by atoms with van der Waals surface area (Å²) in [7, 11) is 0. The number of aromatic nitrogens is 1. The Morgan fingerprint density at radius 2 is 2.35 bits per heavy atom. The fourth-order valence-electron chi connectivity index (χ4n) is 1.96. The molecule has 1 aromatic rings. The molecule has 1 aliphatic rings. The van der Waals surface area contributed by atoms with E-state index >= 15 is 0 Å². The molecule has 2 rings (SSSR count). The zero-order valence-corrected chi connectivity index (χ0v) is 12.5. The van der Waals surface area contributed by atoms with E-state index in [0.29, 0.717) is 4.88 Å². The molecule has 108 valence electrons. The first-order chi connectivity index (χ1) is 9.32. The van der Waals surface area contributed by atoms with Crippen molar-refractivity contribution < 1.29 is 4.79 Å². The van der Waals surface area contributed by atoms with Crippen LogP contribution in [0.15, 0.2) is 0 Å². The van der Waals surface area contributed by atoms with Crippen LogP contribution in [-0.2, 0) is 0 Å². The van der Waals surface area contributed by atoms with Crippen molar-refractivity contribution in [1.82, 2.24) is 10.3 Å². The minimum absolute atomic E-state index is 0.151. The van der Waals surface area contributed by atoms with Crippen molar-refractivity contribution in [2.75, 3.05) is 23.7 Å². The van der Waals surface area contributed by atoms with Crippen LogP contribution >= 0.6 is 11.3 Å². The molecule has 0 radical (unpaired) electrons. The molecule has 0 aromatic carbocycles. The summed E-state index contributed by atoms with van der Waals surface area (Å²) >= 11 is 1.27. The van der Waals surface area contributed by atoms with Crippen molar-refractivity contribution in [3.05, 3.63) is 4.88 Å². The van der Waals surface area contributed by atoms with Gasteiger partial charge in [0.1, 0.15) is 10.7 Å². The van der Waals surface area contributed by atoms with Crippen LogP contribution in [0.25, 0.3) is 0 Å². The van der Waals surface area contributed by atoms with E-state index < -0.39 is 5.54 Å². The number of anilines is 2. The Morgan fingerprint density at radius 1 is 1.65 bits per heavy atom. The Balaban J connectivity index is 2.16. The van der Waals surface area contributed by atoms with E-state index in [1.807, 2.05) is 0 Å². The quantitative estimate of drug-likeness (QED) is 0.701. The SMILES string of the molecule is C#CC(C)(C)NC(=O)c1sc(N2CCC(N)C2)nc1N. The van der Waals surface area contributed by atoms with E-state index in [1.54, 1.807) is 13.8 Å². The van der Waals surface area contributed by atoms with Gasteiger partial charge in [-0.1, -0.05) is 17.3 Å². The zero-order chi connectivity index (χ0) is 14.9. The summed E-state index contributed by atoms with van der Waals surface area (Å²) in [5, 5.41) is 3.48. The Morgan fingerprint density at radius 3 is 2.90 bits per heavy atom. The molecule has 2 heterocycles. The van der Waals surface area contributed by atoms with Crippen LogP contribution in [0.4, 0.5) is 10.9 Å². The smallest absolute Gasteiger partial charge is 0.266 e. The molecular weight excluding hydrogens is 274 g/mol. The highest BCUT2D eigenvalue weighted by atomic mass is 32.1. The average Bonchev–Trinajstić information content (AvgIpc) is 2.95. The maximum Gasteiger partial charge on any atom is 0.266 e. The molecule has 1 saturated heterocycles. The van der Waals surface area contributed by atoms with E-state index in [1.165, 1.54) is 11.3 Å². The number of amides is 1. The second-order valence-electron chi connectivity index (χ2n) is 5.43. The monoisotopic (exact) mass is 293 g/mol. The number of carbonyl (C=O) groups excluding carboxylic acids is 1. The van der Waals surface area contributed by atoms with Gasteiger partial charge in [0.15, 0.2) is 5.13 Å². The highest BCUT2D eigenvalue weighted by Crippen LogP contribution is 2.30. The van der Waals surface area contributed by atoms with Gasteiger partial charge in [0.05, 0.1) is 5.54 Å². The summed E-state index contributed by atoms with van der Waals surface area (Å²) in [5.41, 5.74) is 11.0. The number of hydrogen-bond donors (Lipinski definition) is 3. The van der Waals surface area contributed by atoms with Crippen molar-refractivity contribution in [1.29, 1.82) is 0 Å². The van der Waals surface area contributed by atoms with Gasteiger partial charge in [-0.25, -0.2) is 4.98 Å². The van der Waals surface area contributed by atoms with Gasteiger partial charge in [-0.15, -0.1) is 6.42 Å². The number of nitrogen functional groups attached to an aromatic ring is 1. The molecule has 0 saturated carbocycles. The molecule has 1 fully saturated rings. The summed E-state index contributed by atoms with van der Waals surface area (Å²) in [6, 6.07) is 0.151. The predicted octanol–water partition coefficient (Wildman–Crippen LogP) is 0.404. The maximum absolute atomic E-state index is 12.2. The predicted molar refractivity (Wildman–Crippen MR) is 81.7 cm³/mol. The lowest BCUT2D eigenvalue weighted by molar-refractivity contribution is 0.0934. The van der Waals surface area contributed by atoms with Crippen molar-refractivity contribution in [3.8, 4) is 12.3 Å². The van der Waals surface area contributed by atoms with Gasteiger partial charge >= 0.3 is 0 Å². The van der Waals surface area contributed by atoms with E-state index in [0.717, 1.165) is 24.6 Å². The van der Waals surface area contributed by atoms with Crippen LogP contribution in [0, 0.1) is 12.3 Å². The maximum atomic E-state index is 12.2. The zero-order valence-electron chi connectivity index (χ0n) is 11.6. The minimum atomic E-state index is -0.719. The van der Waals surface area contributed by atoms with E-state index in [-0.39, 0.29) is 17.8 Å². The van der Waals surface area contributed by atoms with Gasteiger partial charge in [0.2, 0.25) is 0 Å². The van der Waals surface area contributed by atoms with Crippen molar-refractivity contribution in [2.45, 2.75) is 31.8 Å². The third-order valence-electron chi connectivity index (χ3n) is 3.13. The molecule has 1 unspecified atom stereocenters. The molecule has 6 nitrogen and oxygen atoms in total. The summed E-state index contributed by atoms with van der Waals surface area (Å²) in [6.45, 7) is 5.08. The number of thiazole rings is 1. The molecular formula is C13H19N5OS. The topological polar surface area (TPSA) is 97.3 Å². The van der Waals surface area contributed by atoms with Gasteiger partial charge in [-0.3, -0.25) is 4.79 Å². The van der Waals surface area contributed by atoms with Crippen molar-refractivity contribution in [3.63, 3.8) is 0 Å². The average molecular weight is 293 g/mol. The highest BCUT2D eigenvalue weighted by molar-refractivity contribution is 7.18. The molecule has 20 heavy (non-hydrogen) atoms. The van der Waals surface area contributed by atoms with E-state index in [9.17, 15) is 4.79 Å². The van der Waals surface area contributed by atoms with E-state index in [4.69, 9.17) is 17.9 Å². The second-order valence-corrected chi connectivity index (χ2v) is 6.41. The fourth-order valence-corrected chi connectivity index (χ4v) is 2.87. The number of nitrogens with one attached hydrogen (secondary N) is 1. The first kappa shape index (κ1) is 14.6. The molecule has 7 heteroatoms. The summed E-state index contributed by atoms with van der Waals surface area (Å²) < 4.78 is 0. The number of nitrogens with zero attached hydrogens (tertiary/aromatic N) is 2. The van der Waals surface area contributed by atoms with Gasteiger partial charge in [-0.05, 0) is 20.3 Å². The lowest BCUT2D eigenvalue weighted by Gasteiger charge is -2.18. The Bertz CT molecular complexity index is 560. The highest BCUT2D eigenvalue weighted by Gasteiger charge is 2.26. The van der Waals surface area contributed by atoms with E-state index in [2.05, 4.69) is 21.1 Å². The lowest BCUT2D eigenvalue weighted by atomic mass is 10.1. The van der Waals surface area contributed by atoms with Crippen LogP contribution < -0.4 is 21.7 Å². The van der Waals surface area contributed by atoms with Gasteiger partial charge in [-0.2, -0.15) is 0 Å². The van der Waals surface area contributed by atoms with Gasteiger partial charge in [0, 0.05) is 19.1 Å². The van der Waals surface area contributed by atoms with Gasteiger partial charge in [0.25, 0.3) is 5.91 Å². The van der Waals surface area contributed by atoms with Crippen LogP contribution in [0.3, 0.4) is 0 Å². The molecule has 1 aliphatic heterocycles. The van der Waals surface area contributed by atoms with Crippen LogP contribution in [-0.4, -0.2) is 35.6 Å². The van der Waals surface area contributed by atoms with Crippen LogP contribution in [0.5, 0.6) is 0 Å². The number of terminal acetylenes is 1. The minimum Gasteiger partial charge on any atom is -0.382 e.